The molecule has 2 rings (SSSR count). The van der Waals surface area contributed by atoms with Crippen molar-refractivity contribution < 1.29 is 4.92 Å². The van der Waals surface area contributed by atoms with Gasteiger partial charge in [-0.15, -0.1) is 0 Å². The number of hydrogen-bond acceptors (Lipinski definition) is 5. The third kappa shape index (κ3) is 4.94. The number of benzene rings is 1. The summed E-state index contributed by atoms with van der Waals surface area (Å²) in [5.74, 6) is 0. The van der Waals surface area contributed by atoms with Crippen LogP contribution in [0.15, 0.2) is 42.7 Å². The fraction of sp³-hybridized carbons (Fsp3) is 0.400. The van der Waals surface area contributed by atoms with Crippen LogP contribution >= 0.6 is 0 Å². The zero-order valence-corrected chi connectivity index (χ0v) is 12.5. The van der Waals surface area contributed by atoms with E-state index in [0.717, 1.165) is 26.1 Å². The Balaban J connectivity index is 1.84. The maximum Gasteiger partial charge on any atom is 0.306 e. The quantitative estimate of drug-likeness (QED) is 0.557. The third-order valence-corrected chi connectivity index (χ3v) is 3.48. The first-order valence-corrected chi connectivity index (χ1v) is 7.32. The molecule has 0 aliphatic heterocycles. The van der Waals surface area contributed by atoms with Gasteiger partial charge >= 0.3 is 5.69 Å². The topological polar surface area (TPSA) is 90.2 Å². The van der Waals surface area contributed by atoms with Gasteiger partial charge in [-0.05, 0) is 12.0 Å². The minimum absolute atomic E-state index is 0.0228. The smallest absolute Gasteiger partial charge is 0.306 e. The van der Waals surface area contributed by atoms with Gasteiger partial charge in [-0.2, -0.15) is 5.10 Å². The van der Waals surface area contributed by atoms with Crippen molar-refractivity contribution in [2.24, 2.45) is 5.73 Å². The van der Waals surface area contributed by atoms with E-state index in [1.807, 2.05) is 18.2 Å². The molecule has 1 heterocycles. The molecule has 0 aliphatic carbocycles. The second-order valence-electron chi connectivity index (χ2n) is 5.08. The minimum Gasteiger partial charge on any atom is -0.329 e. The van der Waals surface area contributed by atoms with Crippen LogP contribution in [0.25, 0.3) is 0 Å². The van der Waals surface area contributed by atoms with Gasteiger partial charge in [0.2, 0.25) is 0 Å². The highest BCUT2D eigenvalue weighted by atomic mass is 16.6. The number of nitro groups is 1. The fourth-order valence-electron chi connectivity index (χ4n) is 2.26. The Labute approximate surface area is 129 Å². The molecule has 22 heavy (non-hydrogen) atoms. The van der Waals surface area contributed by atoms with Crippen molar-refractivity contribution in [3.8, 4) is 0 Å². The molecule has 0 atom stereocenters. The van der Waals surface area contributed by atoms with E-state index >= 15 is 0 Å². The summed E-state index contributed by atoms with van der Waals surface area (Å²) in [7, 11) is 0. The SMILES string of the molecule is NCCN(CCc1ccccc1)CCn1cc([N+](=O)[O-])cn1. The van der Waals surface area contributed by atoms with Crippen molar-refractivity contribution in [3.05, 3.63) is 58.4 Å². The van der Waals surface area contributed by atoms with Crippen molar-refractivity contribution in [2.75, 3.05) is 26.2 Å². The van der Waals surface area contributed by atoms with E-state index in [1.165, 1.54) is 18.0 Å². The summed E-state index contributed by atoms with van der Waals surface area (Å²) in [6, 6.07) is 10.3. The van der Waals surface area contributed by atoms with Gasteiger partial charge < -0.3 is 5.73 Å². The highest BCUT2D eigenvalue weighted by Crippen LogP contribution is 2.08. The monoisotopic (exact) mass is 303 g/mol. The van der Waals surface area contributed by atoms with Crippen LogP contribution in [-0.2, 0) is 13.0 Å². The summed E-state index contributed by atoms with van der Waals surface area (Å²) in [6.45, 7) is 3.68. The van der Waals surface area contributed by atoms with Crippen molar-refractivity contribution in [3.63, 3.8) is 0 Å². The van der Waals surface area contributed by atoms with Crippen LogP contribution in [0.4, 0.5) is 5.69 Å². The molecule has 0 radical (unpaired) electrons. The second kappa shape index (κ2) is 8.26. The summed E-state index contributed by atoms with van der Waals surface area (Å²) < 4.78 is 1.60. The Morgan fingerprint density at radius 2 is 2.00 bits per heavy atom. The molecule has 0 unspecified atom stereocenters. The highest BCUT2D eigenvalue weighted by Gasteiger charge is 2.10. The van der Waals surface area contributed by atoms with E-state index in [9.17, 15) is 10.1 Å². The lowest BCUT2D eigenvalue weighted by Gasteiger charge is -2.21. The van der Waals surface area contributed by atoms with Gasteiger partial charge in [0.25, 0.3) is 0 Å². The number of nitrogens with zero attached hydrogens (tertiary/aromatic N) is 4. The molecule has 0 saturated heterocycles. The Morgan fingerprint density at radius 1 is 1.23 bits per heavy atom. The van der Waals surface area contributed by atoms with Crippen molar-refractivity contribution >= 4 is 5.69 Å². The van der Waals surface area contributed by atoms with Crippen molar-refractivity contribution in [1.82, 2.24) is 14.7 Å². The second-order valence-corrected chi connectivity index (χ2v) is 5.08. The molecular formula is C15H21N5O2. The van der Waals surface area contributed by atoms with E-state index in [1.54, 1.807) is 4.68 Å². The molecule has 1 aromatic heterocycles. The molecule has 2 N–H and O–H groups in total. The van der Waals surface area contributed by atoms with Crippen LogP contribution in [0.3, 0.4) is 0 Å². The lowest BCUT2D eigenvalue weighted by Crippen LogP contribution is -2.34. The molecule has 0 bridgehead atoms. The van der Waals surface area contributed by atoms with Gasteiger partial charge in [-0.1, -0.05) is 30.3 Å². The maximum atomic E-state index is 10.6. The molecule has 7 nitrogen and oxygen atoms in total. The molecule has 1 aromatic carbocycles. The van der Waals surface area contributed by atoms with E-state index in [4.69, 9.17) is 5.73 Å². The van der Waals surface area contributed by atoms with Gasteiger partial charge in [0.1, 0.15) is 12.4 Å². The summed E-state index contributed by atoms with van der Waals surface area (Å²) >= 11 is 0. The first kappa shape index (κ1) is 16.1. The number of rotatable bonds is 9. The molecule has 0 fully saturated rings. The van der Waals surface area contributed by atoms with Gasteiger partial charge in [0.15, 0.2) is 0 Å². The summed E-state index contributed by atoms with van der Waals surface area (Å²) in [5.41, 5.74) is 6.97. The molecule has 0 saturated carbocycles. The summed E-state index contributed by atoms with van der Waals surface area (Å²) in [5, 5.41) is 14.6. The van der Waals surface area contributed by atoms with E-state index in [-0.39, 0.29) is 5.69 Å². The minimum atomic E-state index is -0.434. The molecule has 2 aromatic rings. The molecule has 0 spiro atoms. The Morgan fingerprint density at radius 3 is 2.64 bits per heavy atom. The third-order valence-electron chi connectivity index (χ3n) is 3.48. The Hall–Kier alpha value is -2.25. The lowest BCUT2D eigenvalue weighted by molar-refractivity contribution is -0.385. The molecular weight excluding hydrogens is 282 g/mol. The van der Waals surface area contributed by atoms with Crippen LogP contribution in [-0.4, -0.2) is 45.8 Å². The molecule has 0 amide bonds. The number of hydrogen-bond donors (Lipinski definition) is 1. The van der Waals surface area contributed by atoms with Gasteiger partial charge in [-0.3, -0.25) is 19.7 Å². The van der Waals surface area contributed by atoms with E-state index < -0.39 is 4.92 Å². The predicted molar refractivity (Wildman–Crippen MR) is 84.5 cm³/mol. The van der Waals surface area contributed by atoms with Crippen molar-refractivity contribution in [2.45, 2.75) is 13.0 Å². The standard InChI is InChI=1S/C15H21N5O2/c16-7-9-18(8-6-14-4-2-1-3-5-14)10-11-19-13-15(12-17-19)20(21)22/h1-5,12-13H,6-11,16H2. The zero-order chi connectivity index (χ0) is 15.8. The van der Waals surface area contributed by atoms with Crippen LogP contribution < -0.4 is 5.73 Å². The lowest BCUT2D eigenvalue weighted by atomic mass is 10.1. The Kier molecular flexibility index (Phi) is 6.05. The maximum absolute atomic E-state index is 10.6. The van der Waals surface area contributed by atoms with Crippen LogP contribution in [0.5, 0.6) is 0 Å². The Bertz CT molecular complexity index is 585. The van der Waals surface area contributed by atoms with Gasteiger partial charge in [0, 0.05) is 26.2 Å². The number of nitrogens with two attached hydrogens (primary N) is 1. The molecule has 7 heteroatoms. The predicted octanol–water partition coefficient (Wildman–Crippen LogP) is 1.29. The average Bonchev–Trinajstić information content (AvgIpc) is 3.00. The zero-order valence-electron chi connectivity index (χ0n) is 12.5. The first-order chi connectivity index (χ1) is 10.7. The molecule has 0 aliphatic rings. The van der Waals surface area contributed by atoms with Gasteiger partial charge in [-0.25, -0.2) is 0 Å². The highest BCUT2D eigenvalue weighted by molar-refractivity contribution is 5.20. The largest absolute Gasteiger partial charge is 0.329 e. The molecule has 118 valence electrons. The van der Waals surface area contributed by atoms with E-state index in [0.29, 0.717) is 13.1 Å². The van der Waals surface area contributed by atoms with Gasteiger partial charge in [0.05, 0.1) is 11.5 Å². The first-order valence-electron chi connectivity index (χ1n) is 7.32. The summed E-state index contributed by atoms with van der Waals surface area (Å²) in [4.78, 5) is 12.5. The van der Waals surface area contributed by atoms with Crippen LogP contribution in [0.2, 0.25) is 0 Å². The van der Waals surface area contributed by atoms with E-state index in [2.05, 4.69) is 22.1 Å². The summed E-state index contributed by atoms with van der Waals surface area (Å²) in [6.07, 6.45) is 3.69. The van der Waals surface area contributed by atoms with Crippen LogP contribution in [0, 0.1) is 10.1 Å². The average molecular weight is 303 g/mol. The number of aromatic nitrogens is 2. The fourth-order valence-corrected chi connectivity index (χ4v) is 2.26. The van der Waals surface area contributed by atoms with Crippen molar-refractivity contribution in [1.29, 1.82) is 0 Å². The van der Waals surface area contributed by atoms with Crippen LogP contribution in [0.1, 0.15) is 5.56 Å². The normalized spacial score (nSPS) is 11.0.